The van der Waals surface area contributed by atoms with Gasteiger partial charge in [-0.1, -0.05) is 51.3 Å². The van der Waals surface area contributed by atoms with Crippen LogP contribution < -0.4 is 0 Å². The van der Waals surface area contributed by atoms with Gasteiger partial charge in [0, 0.05) is 25.9 Å². The maximum atomic E-state index is 11.0. The lowest BCUT2D eigenvalue weighted by molar-refractivity contribution is -0.136. The van der Waals surface area contributed by atoms with Gasteiger partial charge in [-0.15, -0.1) is 0 Å². The summed E-state index contributed by atoms with van der Waals surface area (Å²) in [5.74, 6) is -0.831. The first-order chi connectivity index (χ1) is 11.9. The van der Waals surface area contributed by atoms with Crippen LogP contribution in [-0.4, -0.2) is 15.6 Å². The SMILES string of the molecule is O=C(O)CCc1ccc(-c2ccc(Br)cc2)n1-c1cc(Cl)cc(Cl)c1. The fraction of sp³-hybridized carbons (Fsp3) is 0.105. The second-order valence-corrected chi connectivity index (χ2v) is 7.36. The standard InChI is InChI=1S/C19H14BrCl2NO2/c20-13-3-1-12(2-4-13)18-7-5-16(6-8-19(24)25)23(18)17-10-14(21)9-15(22)11-17/h1-5,7,9-11H,6,8H2,(H,24,25). The summed E-state index contributed by atoms with van der Waals surface area (Å²) in [5, 5.41) is 10.1. The molecule has 0 saturated heterocycles. The summed E-state index contributed by atoms with van der Waals surface area (Å²) in [5.41, 5.74) is 3.66. The number of aliphatic carboxylic acids is 1. The number of hydrogen-bond acceptors (Lipinski definition) is 1. The van der Waals surface area contributed by atoms with Gasteiger partial charge < -0.3 is 9.67 Å². The van der Waals surface area contributed by atoms with Crippen LogP contribution in [0.4, 0.5) is 0 Å². The van der Waals surface area contributed by atoms with Crippen molar-refractivity contribution < 1.29 is 9.90 Å². The monoisotopic (exact) mass is 437 g/mol. The van der Waals surface area contributed by atoms with Gasteiger partial charge in [0.15, 0.2) is 0 Å². The average molecular weight is 439 g/mol. The molecule has 0 aliphatic rings. The first-order valence-electron chi connectivity index (χ1n) is 7.59. The molecule has 3 aromatic rings. The Morgan fingerprint density at radius 3 is 2.24 bits per heavy atom. The van der Waals surface area contributed by atoms with Crippen molar-refractivity contribution >= 4 is 45.1 Å². The molecule has 0 amide bonds. The van der Waals surface area contributed by atoms with E-state index in [9.17, 15) is 4.79 Å². The lowest BCUT2D eigenvalue weighted by atomic mass is 10.1. The topological polar surface area (TPSA) is 42.2 Å². The van der Waals surface area contributed by atoms with Crippen molar-refractivity contribution in [3.05, 3.63) is 74.8 Å². The van der Waals surface area contributed by atoms with E-state index in [0.29, 0.717) is 16.5 Å². The van der Waals surface area contributed by atoms with E-state index < -0.39 is 5.97 Å². The largest absolute Gasteiger partial charge is 0.481 e. The predicted octanol–water partition coefficient (Wildman–Crippen LogP) is 6.23. The van der Waals surface area contributed by atoms with Crippen molar-refractivity contribution in [3.63, 3.8) is 0 Å². The van der Waals surface area contributed by atoms with Crippen LogP contribution in [0.1, 0.15) is 12.1 Å². The minimum atomic E-state index is -0.831. The van der Waals surface area contributed by atoms with Crippen molar-refractivity contribution in [2.24, 2.45) is 0 Å². The quantitative estimate of drug-likeness (QED) is 0.512. The number of hydrogen-bond donors (Lipinski definition) is 1. The van der Waals surface area contributed by atoms with Gasteiger partial charge in [0.25, 0.3) is 0 Å². The fourth-order valence-electron chi connectivity index (χ4n) is 2.73. The molecule has 0 unspecified atom stereocenters. The molecule has 25 heavy (non-hydrogen) atoms. The summed E-state index contributed by atoms with van der Waals surface area (Å²) in [4.78, 5) is 11.0. The van der Waals surface area contributed by atoms with Gasteiger partial charge in [-0.2, -0.15) is 0 Å². The summed E-state index contributed by atoms with van der Waals surface area (Å²) in [6.45, 7) is 0. The molecule has 3 rings (SSSR count). The van der Waals surface area contributed by atoms with Crippen LogP contribution in [0.3, 0.4) is 0 Å². The summed E-state index contributed by atoms with van der Waals surface area (Å²) in [6.07, 6.45) is 0.466. The Morgan fingerprint density at radius 1 is 1.00 bits per heavy atom. The molecule has 128 valence electrons. The van der Waals surface area contributed by atoms with Gasteiger partial charge in [0.05, 0.1) is 12.1 Å². The zero-order chi connectivity index (χ0) is 18.0. The smallest absolute Gasteiger partial charge is 0.303 e. The van der Waals surface area contributed by atoms with E-state index in [1.54, 1.807) is 6.07 Å². The van der Waals surface area contributed by atoms with Crippen LogP contribution in [-0.2, 0) is 11.2 Å². The number of benzene rings is 2. The number of carboxylic acid groups (broad SMARTS) is 1. The van der Waals surface area contributed by atoms with Gasteiger partial charge in [0.1, 0.15) is 0 Å². The van der Waals surface area contributed by atoms with E-state index in [-0.39, 0.29) is 6.42 Å². The molecule has 0 aliphatic carbocycles. The van der Waals surface area contributed by atoms with Crippen molar-refractivity contribution in [1.82, 2.24) is 4.57 Å². The molecule has 1 aromatic heterocycles. The maximum absolute atomic E-state index is 11.0. The molecule has 0 radical (unpaired) electrons. The molecular formula is C19H14BrCl2NO2. The van der Waals surface area contributed by atoms with E-state index in [0.717, 1.165) is 27.1 Å². The number of rotatable bonds is 5. The summed E-state index contributed by atoms with van der Waals surface area (Å²) in [7, 11) is 0. The lowest BCUT2D eigenvalue weighted by Crippen LogP contribution is -2.05. The van der Waals surface area contributed by atoms with E-state index >= 15 is 0 Å². The van der Waals surface area contributed by atoms with Gasteiger partial charge in [-0.05, 0) is 54.4 Å². The number of halogens is 3. The third kappa shape index (κ3) is 4.27. The lowest BCUT2D eigenvalue weighted by Gasteiger charge is -2.15. The summed E-state index contributed by atoms with van der Waals surface area (Å²) >= 11 is 15.8. The molecule has 0 spiro atoms. The van der Waals surface area contributed by atoms with Crippen molar-refractivity contribution in [2.45, 2.75) is 12.8 Å². The molecule has 0 bridgehead atoms. The molecule has 1 N–H and O–H groups in total. The van der Waals surface area contributed by atoms with Gasteiger partial charge >= 0.3 is 5.97 Å². The van der Waals surface area contributed by atoms with Crippen LogP contribution >= 0.6 is 39.1 Å². The molecule has 2 aromatic carbocycles. The Balaban J connectivity index is 2.15. The Bertz CT molecular complexity index is 899. The molecule has 3 nitrogen and oxygen atoms in total. The zero-order valence-electron chi connectivity index (χ0n) is 13.0. The van der Waals surface area contributed by atoms with Crippen molar-refractivity contribution in [1.29, 1.82) is 0 Å². The minimum Gasteiger partial charge on any atom is -0.481 e. The Labute approximate surface area is 163 Å². The number of aryl methyl sites for hydroxylation is 1. The summed E-state index contributed by atoms with van der Waals surface area (Å²) in [6, 6.07) is 17.2. The normalized spacial score (nSPS) is 10.8. The van der Waals surface area contributed by atoms with E-state index in [1.807, 2.05) is 53.1 Å². The maximum Gasteiger partial charge on any atom is 0.303 e. The molecular weight excluding hydrogens is 425 g/mol. The van der Waals surface area contributed by atoms with Crippen LogP contribution in [0, 0.1) is 0 Å². The van der Waals surface area contributed by atoms with Crippen molar-refractivity contribution in [2.75, 3.05) is 0 Å². The molecule has 0 aliphatic heterocycles. The van der Waals surface area contributed by atoms with Crippen LogP contribution in [0.5, 0.6) is 0 Å². The van der Waals surface area contributed by atoms with Gasteiger partial charge in [-0.3, -0.25) is 4.79 Å². The van der Waals surface area contributed by atoms with Crippen molar-refractivity contribution in [3.8, 4) is 16.9 Å². The average Bonchev–Trinajstić information content (AvgIpc) is 2.96. The summed E-state index contributed by atoms with van der Waals surface area (Å²) < 4.78 is 3.00. The molecule has 0 atom stereocenters. The Morgan fingerprint density at radius 2 is 1.64 bits per heavy atom. The third-order valence-corrected chi connectivity index (χ3v) is 4.77. The van der Waals surface area contributed by atoms with Gasteiger partial charge in [0.2, 0.25) is 0 Å². The fourth-order valence-corrected chi connectivity index (χ4v) is 3.51. The second kappa shape index (κ2) is 7.65. The van der Waals surface area contributed by atoms with Gasteiger partial charge in [-0.25, -0.2) is 0 Å². The zero-order valence-corrected chi connectivity index (χ0v) is 16.1. The highest BCUT2D eigenvalue weighted by molar-refractivity contribution is 9.10. The first-order valence-corrected chi connectivity index (χ1v) is 9.14. The number of carboxylic acids is 1. The highest BCUT2D eigenvalue weighted by atomic mass is 79.9. The third-order valence-electron chi connectivity index (χ3n) is 3.80. The number of nitrogens with zero attached hydrogens (tertiary/aromatic N) is 1. The van der Waals surface area contributed by atoms with E-state index in [2.05, 4.69) is 15.9 Å². The number of aromatic nitrogens is 1. The van der Waals surface area contributed by atoms with Crippen LogP contribution in [0.15, 0.2) is 59.1 Å². The first kappa shape index (κ1) is 18.1. The Hall–Kier alpha value is -1.75. The molecule has 0 fully saturated rings. The molecule has 0 saturated carbocycles. The highest BCUT2D eigenvalue weighted by Gasteiger charge is 2.14. The Kier molecular flexibility index (Phi) is 5.52. The second-order valence-electron chi connectivity index (χ2n) is 5.57. The number of carbonyl (C=O) groups is 1. The molecule has 6 heteroatoms. The van der Waals surface area contributed by atoms with Crippen LogP contribution in [0.25, 0.3) is 16.9 Å². The minimum absolute atomic E-state index is 0.0537. The van der Waals surface area contributed by atoms with E-state index in [1.165, 1.54) is 0 Å². The van der Waals surface area contributed by atoms with Crippen LogP contribution in [0.2, 0.25) is 10.0 Å². The predicted molar refractivity (Wildman–Crippen MR) is 105 cm³/mol. The van der Waals surface area contributed by atoms with E-state index in [4.69, 9.17) is 28.3 Å². The highest BCUT2D eigenvalue weighted by Crippen LogP contribution is 2.31. The molecule has 1 heterocycles.